The van der Waals surface area contributed by atoms with Crippen molar-refractivity contribution in [3.05, 3.63) is 0 Å². The fourth-order valence-electron chi connectivity index (χ4n) is 2.04. The van der Waals surface area contributed by atoms with Crippen LogP contribution < -0.4 is 11.1 Å². The molecule has 1 amide bonds. The van der Waals surface area contributed by atoms with Crippen molar-refractivity contribution in [1.82, 2.24) is 5.32 Å². The van der Waals surface area contributed by atoms with Crippen LogP contribution in [0.1, 0.15) is 32.6 Å². The second-order valence-electron chi connectivity index (χ2n) is 4.48. The van der Waals surface area contributed by atoms with E-state index in [1.165, 1.54) is 0 Å². The van der Waals surface area contributed by atoms with Crippen molar-refractivity contribution < 1.29 is 9.53 Å². The average molecular weight is 228 g/mol. The Morgan fingerprint density at radius 3 is 2.75 bits per heavy atom. The molecular weight excluding hydrogens is 204 g/mol. The molecule has 0 aromatic carbocycles. The number of nitrogens with one attached hydrogen (secondary N) is 1. The molecule has 1 atom stereocenters. The molecule has 0 radical (unpaired) electrons. The molecule has 0 saturated carbocycles. The van der Waals surface area contributed by atoms with Crippen molar-refractivity contribution in [3.63, 3.8) is 0 Å². The van der Waals surface area contributed by atoms with E-state index >= 15 is 0 Å². The zero-order valence-corrected chi connectivity index (χ0v) is 10.2. The highest BCUT2D eigenvalue weighted by Gasteiger charge is 2.21. The predicted molar refractivity (Wildman–Crippen MR) is 64.0 cm³/mol. The van der Waals surface area contributed by atoms with Gasteiger partial charge in [0.2, 0.25) is 5.91 Å². The summed E-state index contributed by atoms with van der Waals surface area (Å²) in [6.07, 6.45) is 3.79. The van der Waals surface area contributed by atoms with Crippen molar-refractivity contribution in [2.24, 2.45) is 17.6 Å². The Labute approximate surface area is 97.9 Å². The van der Waals surface area contributed by atoms with Crippen molar-refractivity contribution in [1.29, 1.82) is 0 Å². The van der Waals surface area contributed by atoms with Crippen molar-refractivity contribution in [2.75, 3.05) is 26.3 Å². The van der Waals surface area contributed by atoms with Crippen LogP contribution in [0.4, 0.5) is 0 Å². The first-order valence-electron chi connectivity index (χ1n) is 6.33. The molecule has 3 N–H and O–H groups in total. The Balaban J connectivity index is 2.22. The molecule has 1 fully saturated rings. The lowest BCUT2D eigenvalue weighted by Crippen LogP contribution is -2.37. The lowest BCUT2D eigenvalue weighted by Gasteiger charge is -2.22. The maximum atomic E-state index is 11.8. The zero-order valence-electron chi connectivity index (χ0n) is 10.2. The molecule has 1 unspecified atom stereocenters. The van der Waals surface area contributed by atoms with Gasteiger partial charge in [0.1, 0.15) is 0 Å². The SMILES string of the molecule is CCC(CCN)CNC(=O)C1CCOCC1. The molecule has 4 nitrogen and oxygen atoms in total. The second-order valence-corrected chi connectivity index (χ2v) is 4.48. The first kappa shape index (κ1) is 13.5. The first-order valence-corrected chi connectivity index (χ1v) is 6.33. The Hall–Kier alpha value is -0.610. The van der Waals surface area contributed by atoms with Crippen LogP contribution in [-0.2, 0) is 9.53 Å². The molecule has 16 heavy (non-hydrogen) atoms. The lowest BCUT2D eigenvalue weighted by atomic mass is 9.98. The van der Waals surface area contributed by atoms with Crippen LogP contribution in [0.25, 0.3) is 0 Å². The normalized spacial score (nSPS) is 19.4. The minimum Gasteiger partial charge on any atom is -0.381 e. The van der Waals surface area contributed by atoms with Gasteiger partial charge < -0.3 is 15.8 Å². The monoisotopic (exact) mass is 228 g/mol. The maximum Gasteiger partial charge on any atom is 0.223 e. The smallest absolute Gasteiger partial charge is 0.223 e. The molecule has 0 aliphatic carbocycles. The van der Waals surface area contributed by atoms with Gasteiger partial charge in [-0.15, -0.1) is 0 Å². The molecule has 1 aliphatic rings. The number of rotatable bonds is 6. The van der Waals surface area contributed by atoms with E-state index in [2.05, 4.69) is 12.2 Å². The number of hydrogen-bond donors (Lipinski definition) is 2. The molecule has 1 saturated heterocycles. The van der Waals surface area contributed by atoms with E-state index in [0.29, 0.717) is 12.5 Å². The highest BCUT2D eigenvalue weighted by molar-refractivity contribution is 5.78. The summed E-state index contributed by atoms with van der Waals surface area (Å²) >= 11 is 0. The minimum atomic E-state index is 0.157. The Kier molecular flexibility index (Phi) is 6.42. The van der Waals surface area contributed by atoms with Crippen LogP contribution in [0, 0.1) is 11.8 Å². The van der Waals surface area contributed by atoms with Gasteiger partial charge in [-0.1, -0.05) is 13.3 Å². The fourth-order valence-corrected chi connectivity index (χ4v) is 2.04. The largest absolute Gasteiger partial charge is 0.381 e. The third-order valence-electron chi connectivity index (χ3n) is 3.31. The maximum absolute atomic E-state index is 11.8. The molecule has 0 aromatic heterocycles. The molecule has 0 bridgehead atoms. The van der Waals surface area contributed by atoms with E-state index in [1.54, 1.807) is 0 Å². The third kappa shape index (κ3) is 4.49. The van der Waals surface area contributed by atoms with Gasteiger partial charge in [-0.3, -0.25) is 4.79 Å². The van der Waals surface area contributed by atoms with Gasteiger partial charge in [-0.05, 0) is 31.7 Å². The second kappa shape index (κ2) is 7.63. The van der Waals surface area contributed by atoms with E-state index in [1.807, 2.05) is 0 Å². The predicted octanol–water partition coefficient (Wildman–Crippen LogP) is 0.904. The summed E-state index contributed by atoms with van der Waals surface area (Å²) in [5.41, 5.74) is 5.52. The molecule has 0 aromatic rings. The van der Waals surface area contributed by atoms with Gasteiger partial charge in [-0.2, -0.15) is 0 Å². The van der Waals surface area contributed by atoms with E-state index in [9.17, 15) is 4.79 Å². The molecule has 1 heterocycles. The van der Waals surface area contributed by atoms with Crippen molar-refractivity contribution in [2.45, 2.75) is 32.6 Å². The molecule has 94 valence electrons. The van der Waals surface area contributed by atoms with Crippen LogP contribution in [0.15, 0.2) is 0 Å². The fraction of sp³-hybridized carbons (Fsp3) is 0.917. The Morgan fingerprint density at radius 1 is 1.50 bits per heavy atom. The van der Waals surface area contributed by atoms with E-state index < -0.39 is 0 Å². The summed E-state index contributed by atoms with van der Waals surface area (Å²) in [6.45, 7) is 5.05. The van der Waals surface area contributed by atoms with Gasteiger partial charge in [0.25, 0.3) is 0 Å². The summed E-state index contributed by atoms with van der Waals surface area (Å²) in [7, 11) is 0. The van der Waals surface area contributed by atoms with Gasteiger partial charge in [-0.25, -0.2) is 0 Å². The van der Waals surface area contributed by atoms with Crippen LogP contribution in [0.2, 0.25) is 0 Å². The molecular formula is C12H24N2O2. The summed E-state index contributed by atoms with van der Waals surface area (Å²) in [5, 5.41) is 3.04. The Bertz CT molecular complexity index is 203. The number of carbonyl (C=O) groups excluding carboxylic acids is 1. The summed E-state index contributed by atoms with van der Waals surface area (Å²) in [5.74, 6) is 0.872. The molecule has 1 aliphatic heterocycles. The number of carbonyl (C=O) groups is 1. The molecule has 4 heteroatoms. The van der Waals surface area contributed by atoms with E-state index in [0.717, 1.165) is 45.4 Å². The number of ether oxygens (including phenoxy) is 1. The van der Waals surface area contributed by atoms with Gasteiger partial charge in [0, 0.05) is 25.7 Å². The van der Waals surface area contributed by atoms with Crippen LogP contribution in [-0.4, -0.2) is 32.2 Å². The standard InChI is InChI=1S/C12H24N2O2/c1-2-10(3-6-13)9-14-12(15)11-4-7-16-8-5-11/h10-11H,2-9,13H2,1H3,(H,14,15). The quantitative estimate of drug-likeness (QED) is 0.710. The van der Waals surface area contributed by atoms with Gasteiger partial charge in [0.15, 0.2) is 0 Å². The molecule has 0 spiro atoms. The van der Waals surface area contributed by atoms with Crippen LogP contribution >= 0.6 is 0 Å². The van der Waals surface area contributed by atoms with Crippen LogP contribution in [0.5, 0.6) is 0 Å². The summed E-state index contributed by atoms with van der Waals surface area (Å²) < 4.78 is 5.24. The van der Waals surface area contributed by atoms with Crippen LogP contribution in [0.3, 0.4) is 0 Å². The number of amides is 1. The lowest BCUT2D eigenvalue weighted by molar-refractivity contribution is -0.128. The highest BCUT2D eigenvalue weighted by atomic mass is 16.5. The van der Waals surface area contributed by atoms with Gasteiger partial charge >= 0.3 is 0 Å². The minimum absolute atomic E-state index is 0.157. The third-order valence-corrected chi connectivity index (χ3v) is 3.31. The van der Waals surface area contributed by atoms with E-state index in [-0.39, 0.29) is 11.8 Å². The number of nitrogens with two attached hydrogens (primary N) is 1. The van der Waals surface area contributed by atoms with E-state index in [4.69, 9.17) is 10.5 Å². The topological polar surface area (TPSA) is 64.3 Å². The number of hydrogen-bond acceptors (Lipinski definition) is 3. The molecule has 1 rings (SSSR count). The first-order chi connectivity index (χ1) is 7.77. The van der Waals surface area contributed by atoms with Crippen molar-refractivity contribution >= 4 is 5.91 Å². The zero-order chi connectivity index (χ0) is 11.8. The highest BCUT2D eigenvalue weighted by Crippen LogP contribution is 2.15. The summed E-state index contributed by atoms with van der Waals surface area (Å²) in [4.78, 5) is 11.8. The Morgan fingerprint density at radius 2 is 2.19 bits per heavy atom. The summed E-state index contributed by atoms with van der Waals surface area (Å²) in [6, 6.07) is 0. The van der Waals surface area contributed by atoms with Gasteiger partial charge in [0.05, 0.1) is 0 Å². The average Bonchev–Trinajstić information content (AvgIpc) is 2.35. The van der Waals surface area contributed by atoms with Crippen molar-refractivity contribution in [3.8, 4) is 0 Å².